The van der Waals surface area contributed by atoms with Gasteiger partial charge in [0.05, 0.1) is 19.8 Å². The summed E-state index contributed by atoms with van der Waals surface area (Å²) in [6.07, 6.45) is 4.84. The van der Waals surface area contributed by atoms with Crippen molar-refractivity contribution in [2.45, 2.75) is 52.0 Å². The van der Waals surface area contributed by atoms with Gasteiger partial charge in [-0.2, -0.15) is 5.10 Å². The van der Waals surface area contributed by atoms with Gasteiger partial charge in [0, 0.05) is 29.3 Å². The Morgan fingerprint density at radius 1 is 1.14 bits per heavy atom. The molecule has 2 aromatic carbocycles. The highest BCUT2D eigenvalue weighted by molar-refractivity contribution is 6.31. The largest absolute Gasteiger partial charge is 0.507 e. The van der Waals surface area contributed by atoms with Crippen LogP contribution in [0.1, 0.15) is 72.2 Å². The molecule has 4 rings (SSSR count). The van der Waals surface area contributed by atoms with Gasteiger partial charge in [-0.3, -0.25) is 9.89 Å². The van der Waals surface area contributed by atoms with Crippen molar-refractivity contribution in [1.82, 2.24) is 15.1 Å². The SMILES string of the molecule is CCCCCCOc1ccc(C2c3c(-c4cc(Cl)c(C)cc4O)n[nH]c3C(=O)N2CCCO)cc1OC. The Kier molecular flexibility index (Phi) is 8.61. The normalized spacial score (nSPS) is 14.8. The molecule has 37 heavy (non-hydrogen) atoms. The van der Waals surface area contributed by atoms with Gasteiger partial charge in [-0.1, -0.05) is 43.9 Å². The molecule has 2 heterocycles. The molecule has 9 heteroatoms. The van der Waals surface area contributed by atoms with Crippen LogP contribution >= 0.6 is 11.6 Å². The van der Waals surface area contributed by atoms with Gasteiger partial charge in [-0.05, 0) is 55.2 Å². The van der Waals surface area contributed by atoms with Gasteiger partial charge in [0.15, 0.2) is 11.5 Å². The number of nitrogens with one attached hydrogen (secondary N) is 1. The number of aliphatic hydroxyl groups excluding tert-OH is 1. The lowest BCUT2D eigenvalue weighted by Gasteiger charge is -2.27. The number of aromatic nitrogens is 2. The number of phenols is 1. The van der Waals surface area contributed by atoms with Gasteiger partial charge in [0.2, 0.25) is 0 Å². The first-order valence-electron chi connectivity index (χ1n) is 12.7. The number of unbranched alkanes of at least 4 members (excludes halogenated alkanes) is 3. The number of aromatic amines is 1. The zero-order chi connectivity index (χ0) is 26.5. The number of fused-ring (bicyclic) bond motifs is 1. The molecule has 1 amide bonds. The Hall–Kier alpha value is -3.23. The topological polar surface area (TPSA) is 108 Å². The fourth-order valence-corrected chi connectivity index (χ4v) is 4.92. The molecule has 0 spiro atoms. The number of halogens is 1. The fraction of sp³-hybridized carbons (Fsp3) is 0.429. The summed E-state index contributed by atoms with van der Waals surface area (Å²) in [5, 5.41) is 28.0. The van der Waals surface area contributed by atoms with Crippen LogP contribution in [-0.4, -0.2) is 58.1 Å². The Morgan fingerprint density at radius 2 is 1.95 bits per heavy atom. The molecule has 0 saturated heterocycles. The Morgan fingerprint density at radius 3 is 2.68 bits per heavy atom. The van der Waals surface area contributed by atoms with Crippen LogP contribution < -0.4 is 9.47 Å². The third-order valence-corrected chi connectivity index (χ3v) is 7.12. The first kappa shape index (κ1) is 26.8. The summed E-state index contributed by atoms with van der Waals surface area (Å²) in [5.74, 6) is 1.02. The number of hydrogen-bond acceptors (Lipinski definition) is 6. The van der Waals surface area contributed by atoms with Crippen LogP contribution in [0, 0.1) is 6.92 Å². The minimum Gasteiger partial charge on any atom is -0.507 e. The van der Waals surface area contributed by atoms with Crippen molar-refractivity contribution in [3.8, 4) is 28.5 Å². The van der Waals surface area contributed by atoms with E-state index in [0.29, 0.717) is 58.6 Å². The van der Waals surface area contributed by atoms with Crippen LogP contribution in [0.15, 0.2) is 30.3 Å². The van der Waals surface area contributed by atoms with Crippen LogP contribution in [0.5, 0.6) is 17.2 Å². The highest BCUT2D eigenvalue weighted by atomic mass is 35.5. The van der Waals surface area contributed by atoms with E-state index in [0.717, 1.165) is 30.4 Å². The maximum Gasteiger partial charge on any atom is 0.273 e. The van der Waals surface area contributed by atoms with Crippen LogP contribution in [0.25, 0.3) is 11.3 Å². The number of phenolic OH excluding ortho intramolecular Hbond substituents is 1. The summed E-state index contributed by atoms with van der Waals surface area (Å²) in [7, 11) is 1.59. The molecule has 1 unspecified atom stereocenters. The number of benzene rings is 2. The standard InChI is InChI=1S/C28H34ClN3O5/c1-4-5-6-7-13-37-22-10-9-18(15-23(22)36-3)27-24-25(19-16-20(29)17(2)14-21(19)34)30-31-26(24)28(35)32(27)11-8-12-33/h9-10,14-16,27,33-34H,4-8,11-13H2,1-3H3,(H,30,31). The molecule has 0 aliphatic carbocycles. The number of ether oxygens (including phenoxy) is 2. The summed E-state index contributed by atoms with van der Waals surface area (Å²) in [4.78, 5) is 15.1. The number of nitrogens with zero attached hydrogens (tertiary/aromatic N) is 2. The van der Waals surface area contributed by atoms with Gasteiger partial charge in [0.1, 0.15) is 17.1 Å². The molecule has 1 aliphatic heterocycles. The lowest BCUT2D eigenvalue weighted by molar-refractivity contribution is 0.0732. The number of H-pyrrole nitrogens is 1. The molecule has 1 atom stereocenters. The lowest BCUT2D eigenvalue weighted by Crippen LogP contribution is -2.31. The highest BCUT2D eigenvalue weighted by Crippen LogP contribution is 2.46. The molecule has 0 saturated carbocycles. The Labute approximate surface area is 222 Å². The number of methoxy groups -OCH3 is 1. The molecule has 0 bridgehead atoms. The molecule has 1 aromatic heterocycles. The van der Waals surface area contributed by atoms with Gasteiger partial charge < -0.3 is 24.6 Å². The third-order valence-electron chi connectivity index (χ3n) is 6.71. The van der Waals surface area contributed by atoms with Crippen molar-refractivity contribution in [2.24, 2.45) is 0 Å². The van der Waals surface area contributed by atoms with E-state index in [1.165, 1.54) is 6.42 Å². The number of aryl methyl sites for hydroxylation is 1. The zero-order valence-electron chi connectivity index (χ0n) is 21.5. The van der Waals surface area contributed by atoms with Gasteiger partial charge in [-0.25, -0.2) is 0 Å². The lowest BCUT2D eigenvalue weighted by atomic mass is 9.95. The van der Waals surface area contributed by atoms with Crippen LogP contribution in [0.3, 0.4) is 0 Å². The van der Waals surface area contributed by atoms with Crippen LogP contribution in [0.2, 0.25) is 5.02 Å². The highest BCUT2D eigenvalue weighted by Gasteiger charge is 2.42. The quantitative estimate of drug-likeness (QED) is 0.263. The first-order chi connectivity index (χ1) is 17.9. The molecule has 8 nitrogen and oxygen atoms in total. The number of hydrogen-bond donors (Lipinski definition) is 3. The molecule has 1 aliphatic rings. The molecule has 3 aromatic rings. The monoisotopic (exact) mass is 527 g/mol. The number of aromatic hydroxyl groups is 1. The minimum atomic E-state index is -0.505. The molecular formula is C28H34ClN3O5. The number of aliphatic hydroxyl groups is 1. The Balaban J connectivity index is 1.75. The number of carbonyl (C=O) groups is 1. The molecule has 0 fully saturated rings. The van der Waals surface area contributed by atoms with E-state index in [9.17, 15) is 15.0 Å². The number of carbonyl (C=O) groups excluding carboxylic acids is 1. The van der Waals surface area contributed by atoms with Gasteiger partial charge in [0.25, 0.3) is 5.91 Å². The van der Waals surface area contributed by atoms with E-state index in [1.54, 1.807) is 24.1 Å². The number of amides is 1. The molecule has 0 radical (unpaired) electrons. The van der Waals surface area contributed by atoms with Gasteiger partial charge >= 0.3 is 0 Å². The Bertz CT molecular complexity index is 1260. The maximum absolute atomic E-state index is 13.4. The van der Waals surface area contributed by atoms with Crippen molar-refractivity contribution < 1.29 is 24.5 Å². The average Bonchev–Trinajstić information content (AvgIpc) is 3.43. The van der Waals surface area contributed by atoms with Crippen molar-refractivity contribution in [2.75, 3.05) is 26.9 Å². The van der Waals surface area contributed by atoms with E-state index >= 15 is 0 Å². The van der Waals surface area contributed by atoms with E-state index in [1.807, 2.05) is 25.1 Å². The van der Waals surface area contributed by atoms with E-state index in [2.05, 4.69) is 17.1 Å². The predicted molar refractivity (Wildman–Crippen MR) is 143 cm³/mol. The molecule has 3 N–H and O–H groups in total. The second-order valence-electron chi connectivity index (χ2n) is 9.28. The molecular weight excluding hydrogens is 494 g/mol. The minimum absolute atomic E-state index is 0.0283. The van der Waals surface area contributed by atoms with Crippen molar-refractivity contribution in [3.63, 3.8) is 0 Å². The second kappa shape index (κ2) is 11.9. The summed E-state index contributed by atoms with van der Waals surface area (Å²) in [6, 6.07) is 8.40. The van der Waals surface area contributed by atoms with Crippen molar-refractivity contribution in [1.29, 1.82) is 0 Å². The van der Waals surface area contributed by atoms with Gasteiger partial charge in [-0.15, -0.1) is 0 Å². The van der Waals surface area contributed by atoms with E-state index in [4.69, 9.17) is 21.1 Å². The van der Waals surface area contributed by atoms with Crippen LogP contribution in [-0.2, 0) is 0 Å². The fourth-order valence-electron chi connectivity index (χ4n) is 4.76. The summed E-state index contributed by atoms with van der Waals surface area (Å²) in [5.41, 5.74) is 3.43. The van der Waals surface area contributed by atoms with E-state index in [-0.39, 0.29) is 18.3 Å². The second-order valence-corrected chi connectivity index (χ2v) is 9.68. The van der Waals surface area contributed by atoms with Crippen LogP contribution in [0.4, 0.5) is 0 Å². The van der Waals surface area contributed by atoms with E-state index < -0.39 is 6.04 Å². The summed E-state index contributed by atoms with van der Waals surface area (Å²) in [6.45, 7) is 4.89. The summed E-state index contributed by atoms with van der Waals surface area (Å²) >= 11 is 6.37. The van der Waals surface area contributed by atoms with Crippen molar-refractivity contribution >= 4 is 17.5 Å². The summed E-state index contributed by atoms with van der Waals surface area (Å²) < 4.78 is 11.6. The average molecular weight is 528 g/mol. The molecule has 198 valence electrons. The smallest absolute Gasteiger partial charge is 0.273 e. The predicted octanol–water partition coefficient (Wildman–Crippen LogP) is 5.64. The first-order valence-corrected chi connectivity index (χ1v) is 13.1. The maximum atomic E-state index is 13.4. The van der Waals surface area contributed by atoms with Crippen molar-refractivity contribution in [3.05, 3.63) is 57.7 Å². The zero-order valence-corrected chi connectivity index (χ0v) is 22.3. The number of rotatable bonds is 12. The third kappa shape index (κ3) is 5.40.